The number of hydrogen-bond acceptors (Lipinski definition) is 4. The number of hydrogen-bond donors (Lipinski definition) is 1. The van der Waals surface area contributed by atoms with Crippen LogP contribution in [0.1, 0.15) is 0 Å². The van der Waals surface area contributed by atoms with Gasteiger partial charge in [-0.15, -0.1) is 0 Å². The van der Waals surface area contributed by atoms with E-state index in [1.54, 1.807) is 30.3 Å². The number of anilines is 1. The minimum atomic E-state index is -3.64. The summed E-state index contributed by atoms with van der Waals surface area (Å²) in [4.78, 5) is 4.11. The molecule has 0 fully saturated rings. The molecule has 0 amide bonds. The highest BCUT2D eigenvalue weighted by Crippen LogP contribution is 2.23. The van der Waals surface area contributed by atoms with Crippen LogP contribution in [0.2, 0.25) is 0 Å². The minimum absolute atomic E-state index is 0.172. The van der Waals surface area contributed by atoms with E-state index in [1.807, 2.05) is 0 Å². The van der Waals surface area contributed by atoms with Crippen molar-refractivity contribution in [1.82, 2.24) is 4.98 Å². The molecular weight excluding hydrogens is 332 g/mol. The monoisotopic (exact) mass is 342 g/mol. The molecule has 0 saturated heterocycles. The Balaban J connectivity index is 2.28. The molecule has 5 nitrogen and oxygen atoms in total. The third-order valence-electron chi connectivity index (χ3n) is 2.32. The number of nitrogens with zero attached hydrogens (tertiary/aromatic N) is 1. The molecule has 19 heavy (non-hydrogen) atoms. The van der Waals surface area contributed by atoms with Gasteiger partial charge in [0, 0.05) is 10.5 Å². The second-order valence-electron chi connectivity index (χ2n) is 3.63. The average molecular weight is 343 g/mol. The van der Waals surface area contributed by atoms with Crippen LogP contribution in [0, 0.1) is 0 Å². The van der Waals surface area contributed by atoms with Gasteiger partial charge in [0.1, 0.15) is 4.90 Å². The fraction of sp³-hybridized carbons (Fsp3) is 0.0833. The summed E-state index contributed by atoms with van der Waals surface area (Å²) in [6, 6.07) is 9.76. The topological polar surface area (TPSA) is 68.3 Å². The molecule has 0 spiro atoms. The highest BCUT2D eigenvalue weighted by atomic mass is 79.9. The summed E-state index contributed by atoms with van der Waals surface area (Å²) in [5.41, 5.74) is 0.372. The molecule has 0 atom stereocenters. The molecule has 0 aliphatic heterocycles. The number of ether oxygens (including phenoxy) is 1. The van der Waals surface area contributed by atoms with E-state index in [2.05, 4.69) is 25.6 Å². The third kappa shape index (κ3) is 3.24. The number of aromatic nitrogens is 1. The second kappa shape index (κ2) is 5.58. The zero-order chi connectivity index (χ0) is 13.9. The third-order valence-corrected chi connectivity index (χ3v) is 4.72. The first-order chi connectivity index (χ1) is 9.03. The van der Waals surface area contributed by atoms with Gasteiger partial charge in [0.05, 0.1) is 19.0 Å². The molecule has 100 valence electrons. The van der Waals surface area contributed by atoms with Crippen LogP contribution in [0.3, 0.4) is 0 Å². The van der Waals surface area contributed by atoms with Crippen molar-refractivity contribution in [2.45, 2.75) is 4.90 Å². The van der Waals surface area contributed by atoms with E-state index in [4.69, 9.17) is 4.74 Å². The van der Waals surface area contributed by atoms with Gasteiger partial charge >= 0.3 is 0 Å². The normalized spacial score (nSPS) is 11.1. The Bertz CT molecular complexity index is 672. The van der Waals surface area contributed by atoms with Crippen LogP contribution in [0.25, 0.3) is 0 Å². The predicted octanol–water partition coefficient (Wildman–Crippen LogP) is 2.65. The quantitative estimate of drug-likeness (QED) is 0.927. The molecule has 2 rings (SSSR count). The lowest BCUT2D eigenvalue weighted by atomic mass is 10.4. The standard InChI is InChI=1S/C12H11BrN2O3S/c1-18-12-7-6-9(8-14-12)15-19(16,17)11-5-3-2-4-10(11)13/h2-8,15H,1H3. The Morgan fingerprint density at radius 2 is 1.95 bits per heavy atom. The lowest BCUT2D eigenvalue weighted by Crippen LogP contribution is -2.13. The van der Waals surface area contributed by atoms with Gasteiger partial charge in [-0.2, -0.15) is 0 Å². The molecular formula is C12H11BrN2O3S. The smallest absolute Gasteiger partial charge is 0.263 e. The number of nitrogens with one attached hydrogen (secondary N) is 1. The van der Waals surface area contributed by atoms with Crippen molar-refractivity contribution in [1.29, 1.82) is 0 Å². The maximum Gasteiger partial charge on any atom is 0.263 e. The second-order valence-corrected chi connectivity index (χ2v) is 6.13. The van der Waals surface area contributed by atoms with Crippen LogP contribution in [-0.2, 0) is 10.0 Å². The largest absolute Gasteiger partial charge is 0.481 e. The van der Waals surface area contributed by atoms with Crippen molar-refractivity contribution in [3.63, 3.8) is 0 Å². The summed E-state index contributed by atoms with van der Waals surface area (Å²) in [6.07, 6.45) is 1.40. The maximum absolute atomic E-state index is 12.2. The molecule has 2 aromatic rings. The molecule has 0 aliphatic rings. The lowest BCUT2D eigenvalue weighted by Gasteiger charge is -2.09. The zero-order valence-corrected chi connectivity index (χ0v) is 12.4. The minimum Gasteiger partial charge on any atom is -0.481 e. The molecule has 0 radical (unpaired) electrons. The Morgan fingerprint density at radius 3 is 2.53 bits per heavy atom. The molecule has 1 aromatic heterocycles. The van der Waals surface area contributed by atoms with Crippen molar-refractivity contribution >= 4 is 31.6 Å². The Labute approximate surface area is 119 Å². The van der Waals surface area contributed by atoms with Gasteiger partial charge in [0.2, 0.25) is 5.88 Å². The van der Waals surface area contributed by atoms with E-state index in [9.17, 15) is 8.42 Å². The van der Waals surface area contributed by atoms with Crippen LogP contribution >= 0.6 is 15.9 Å². The molecule has 0 bridgehead atoms. The van der Waals surface area contributed by atoms with Crippen LogP contribution < -0.4 is 9.46 Å². The van der Waals surface area contributed by atoms with Crippen LogP contribution in [0.5, 0.6) is 5.88 Å². The van der Waals surface area contributed by atoms with Gasteiger partial charge < -0.3 is 4.74 Å². The summed E-state index contributed by atoms with van der Waals surface area (Å²) < 4.78 is 32.2. The first-order valence-electron chi connectivity index (χ1n) is 5.30. The van der Waals surface area contributed by atoms with Gasteiger partial charge in [0.15, 0.2) is 0 Å². The lowest BCUT2D eigenvalue weighted by molar-refractivity contribution is 0.398. The molecule has 1 aromatic carbocycles. The SMILES string of the molecule is COc1ccc(NS(=O)(=O)c2ccccc2Br)cn1. The van der Waals surface area contributed by atoms with E-state index in [0.717, 1.165) is 0 Å². The van der Waals surface area contributed by atoms with E-state index in [0.29, 0.717) is 16.0 Å². The van der Waals surface area contributed by atoms with Crippen molar-refractivity contribution < 1.29 is 13.2 Å². The molecule has 7 heteroatoms. The first kappa shape index (κ1) is 13.8. The van der Waals surface area contributed by atoms with Gasteiger partial charge in [0.25, 0.3) is 10.0 Å². The Kier molecular flexibility index (Phi) is 4.06. The number of halogens is 1. The van der Waals surface area contributed by atoms with E-state index < -0.39 is 10.0 Å². The molecule has 1 N–H and O–H groups in total. The fourth-order valence-corrected chi connectivity index (χ4v) is 3.48. The molecule has 1 heterocycles. The Morgan fingerprint density at radius 1 is 1.21 bits per heavy atom. The number of pyridine rings is 1. The Hall–Kier alpha value is -1.60. The summed E-state index contributed by atoms with van der Waals surface area (Å²) in [7, 11) is -2.15. The van der Waals surface area contributed by atoms with E-state index >= 15 is 0 Å². The molecule has 0 aliphatic carbocycles. The summed E-state index contributed by atoms with van der Waals surface area (Å²) >= 11 is 3.21. The number of rotatable bonds is 4. The van der Waals surface area contributed by atoms with Gasteiger partial charge in [-0.1, -0.05) is 12.1 Å². The number of methoxy groups -OCH3 is 1. The van der Waals surface area contributed by atoms with Gasteiger partial charge in [-0.3, -0.25) is 4.72 Å². The highest BCUT2D eigenvalue weighted by Gasteiger charge is 2.17. The maximum atomic E-state index is 12.2. The fourth-order valence-electron chi connectivity index (χ4n) is 1.43. The molecule has 0 unspecified atom stereocenters. The van der Waals surface area contributed by atoms with Gasteiger partial charge in [-0.25, -0.2) is 13.4 Å². The molecule has 0 saturated carbocycles. The number of benzene rings is 1. The highest BCUT2D eigenvalue weighted by molar-refractivity contribution is 9.10. The summed E-state index contributed by atoms with van der Waals surface area (Å²) in [5.74, 6) is 0.420. The van der Waals surface area contributed by atoms with E-state index in [-0.39, 0.29) is 4.90 Å². The van der Waals surface area contributed by atoms with Gasteiger partial charge in [-0.05, 0) is 34.1 Å². The predicted molar refractivity (Wildman–Crippen MR) is 75.7 cm³/mol. The zero-order valence-electron chi connectivity index (χ0n) is 10.00. The van der Waals surface area contributed by atoms with Crippen molar-refractivity contribution in [2.24, 2.45) is 0 Å². The summed E-state index contributed by atoms with van der Waals surface area (Å²) in [5, 5.41) is 0. The van der Waals surface area contributed by atoms with Crippen LogP contribution in [0.4, 0.5) is 5.69 Å². The van der Waals surface area contributed by atoms with Crippen LogP contribution in [0.15, 0.2) is 52.0 Å². The van der Waals surface area contributed by atoms with Crippen molar-refractivity contribution in [3.8, 4) is 5.88 Å². The van der Waals surface area contributed by atoms with Crippen LogP contribution in [-0.4, -0.2) is 20.5 Å². The first-order valence-corrected chi connectivity index (χ1v) is 7.58. The van der Waals surface area contributed by atoms with Crippen molar-refractivity contribution in [3.05, 3.63) is 47.1 Å². The number of sulfonamides is 1. The summed E-state index contributed by atoms with van der Waals surface area (Å²) in [6.45, 7) is 0. The average Bonchev–Trinajstić information content (AvgIpc) is 2.39. The van der Waals surface area contributed by atoms with Crippen molar-refractivity contribution in [2.75, 3.05) is 11.8 Å². The van der Waals surface area contributed by atoms with E-state index in [1.165, 1.54) is 19.4 Å².